The highest BCUT2D eigenvalue weighted by atomic mass is 15.1. The Morgan fingerprint density at radius 2 is 1.93 bits per heavy atom. The van der Waals surface area contributed by atoms with Gasteiger partial charge < -0.3 is 4.81 Å². The van der Waals surface area contributed by atoms with Gasteiger partial charge in [0.2, 0.25) is 0 Å². The molecular weight excluding hydrogens is 169 g/mol. The monoisotopic (exact) mass is 179 g/mol. The molecule has 66 valence electrons. The normalized spacial score (nSPS) is 16.9. The Bertz CT molecular complexity index is 445. The van der Waals surface area contributed by atoms with E-state index < -0.39 is 0 Å². The molecule has 2 aliphatic rings. The second-order valence-corrected chi connectivity index (χ2v) is 3.54. The minimum atomic E-state index is 0.398. The Labute approximate surface area is 84.1 Å². The van der Waals surface area contributed by atoms with E-state index in [0.717, 1.165) is 0 Å². The van der Waals surface area contributed by atoms with Gasteiger partial charge in [0, 0.05) is 5.69 Å². The Kier molecular flexibility index (Phi) is 1.60. The van der Waals surface area contributed by atoms with E-state index in [1.165, 1.54) is 11.3 Å². The van der Waals surface area contributed by atoms with Crippen molar-refractivity contribution in [1.29, 1.82) is 0 Å². The molecule has 0 unspecified atom stereocenters. The molecule has 0 spiro atoms. The molecule has 2 heterocycles. The van der Waals surface area contributed by atoms with Crippen molar-refractivity contribution in [2.24, 2.45) is 0 Å². The van der Waals surface area contributed by atoms with Crippen LogP contribution in [0.4, 0.5) is 5.69 Å². The van der Waals surface area contributed by atoms with Gasteiger partial charge in [0.1, 0.15) is 0 Å². The second-order valence-electron chi connectivity index (χ2n) is 3.54. The van der Waals surface area contributed by atoms with Crippen LogP contribution in [0.1, 0.15) is 5.56 Å². The number of para-hydroxylation sites is 1. The van der Waals surface area contributed by atoms with Crippen LogP contribution in [0.15, 0.2) is 54.6 Å². The highest BCUT2D eigenvalue weighted by Crippen LogP contribution is 2.28. The summed E-state index contributed by atoms with van der Waals surface area (Å²) in [5.41, 5.74) is 2.59. The van der Waals surface area contributed by atoms with E-state index in [4.69, 9.17) is 0 Å². The van der Waals surface area contributed by atoms with Gasteiger partial charge in [-0.05, 0) is 23.9 Å². The third-order valence-corrected chi connectivity index (χ3v) is 2.68. The smallest absolute Gasteiger partial charge is 0.312 e. The standard InChI is InChI=1S/C12H10BN/c1-2-6-12-11(5-1)7-9-13-8-3-4-10-14(12)13/h1-10H. The van der Waals surface area contributed by atoms with Crippen molar-refractivity contribution in [2.75, 3.05) is 4.81 Å². The van der Waals surface area contributed by atoms with Gasteiger partial charge in [-0.2, -0.15) is 0 Å². The first kappa shape index (κ1) is 7.68. The number of hydrogen-bond donors (Lipinski definition) is 0. The molecule has 2 heteroatoms. The summed E-state index contributed by atoms with van der Waals surface area (Å²) < 4.78 is 0. The fourth-order valence-electron chi connectivity index (χ4n) is 1.98. The van der Waals surface area contributed by atoms with Crippen LogP contribution in [0.5, 0.6) is 0 Å². The van der Waals surface area contributed by atoms with E-state index in [0.29, 0.717) is 6.85 Å². The molecule has 0 saturated heterocycles. The molecular formula is C12H10BN. The quantitative estimate of drug-likeness (QED) is 0.553. The van der Waals surface area contributed by atoms with Crippen LogP contribution in [-0.2, 0) is 0 Å². The Balaban J connectivity index is 2.15. The number of fused-ring (bicyclic) bond motifs is 3. The number of rotatable bonds is 0. The molecule has 0 aliphatic carbocycles. The van der Waals surface area contributed by atoms with Crippen LogP contribution >= 0.6 is 0 Å². The second kappa shape index (κ2) is 2.91. The Morgan fingerprint density at radius 1 is 1.00 bits per heavy atom. The number of benzene rings is 1. The number of nitrogens with zero attached hydrogens (tertiary/aromatic N) is 1. The first-order valence-corrected chi connectivity index (χ1v) is 4.86. The molecule has 0 atom stereocenters. The number of allylic oxidation sites excluding steroid dienone is 2. The molecule has 0 fully saturated rings. The van der Waals surface area contributed by atoms with E-state index in [1.807, 2.05) is 0 Å². The summed E-state index contributed by atoms with van der Waals surface area (Å²) in [7, 11) is 0. The summed E-state index contributed by atoms with van der Waals surface area (Å²) in [5, 5.41) is 0. The minimum absolute atomic E-state index is 0.398. The molecule has 0 amide bonds. The average molecular weight is 179 g/mol. The van der Waals surface area contributed by atoms with Gasteiger partial charge >= 0.3 is 6.85 Å². The van der Waals surface area contributed by atoms with Crippen LogP contribution in [0, 0.1) is 0 Å². The molecule has 3 rings (SSSR count). The number of hydrogen-bond acceptors (Lipinski definition) is 1. The first-order valence-electron chi connectivity index (χ1n) is 4.86. The van der Waals surface area contributed by atoms with Gasteiger partial charge in [-0.3, -0.25) is 0 Å². The third-order valence-electron chi connectivity index (χ3n) is 2.68. The van der Waals surface area contributed by atoms with Gasteiger partial charge in [-0.25, -0.2) is 0 Å². The molecule has 14 heavy (non-hydrogen) atoms. The Morgan fingerprint density at radius 3 is 2.93 bits per heavy atom. The van der Waals surface area contributed by atoms with Crippen LogP contribution in [0.2, 0.25) is 0 Å². The van der Waals surface area contributed by atoms with E-state index in [-0.39, 0.29) is 0 Å². The predicted molar refractivity (Wildman–Crippen MR) is 62.0 cm³/mol. The zero-order chi connectivity index (χ0) is 9.38. The van der Waals surface area contributed by atoms with Crippen molar-refractivity contribution in [2.45, 2.75) is 0 Å². The number of anilines is 1. The molecule has 1 aromatic carbocycles. The van der Waals surface area contributed by atoms with Crippen LogP contribution in [0.3, 0.4) is 0 Å². The zero-order valence-corrected chi connectivity index (χ0v) is 7.80. The molecule has 1 aromatic rings. The lowest BCUT2D eigenvalue weighted by Gasteiger charge is -2.30. The van der Waals surface area contributed by atoms with Crippen molar-refractivity contribution >= 4 is 18.6 Å². The summed E-state index contributed by atoms with van der Waals surface area (Å²) in [4.78, 5) is 2.29. The van der Waals surface area contributed by atoms with E-state index in [2.05, 4.69) is 65.5 Å². The van der Waals surface area contributed by atoms with Crippen LogP contribution < -0.4 is 4.81 Å². The van der Waals surface area contributed by atoms with Gasteiger partial charge in [-0.1, -0.05) is 42.3 Å². The van der Waals surface area contributed by atoms with E-state index in [1.54, 1.807) is 0 Å². The topological polar surface area (TPSA) is 3.24 Å². The van der Waals surface area contributed by atoms with Crippen molar-refractivity contribution in [3.05, 3.63) is 60.1 Å². The predicted octanol–water partition coefficient (Wildman–Crippen LogP) is 2.67. The average Bonchev–Trinajstić information content (AvgIpc) is 2.29. The van der Waals surface area contributed by atoms with Crippen molar-refractivity contribution < 1.29 is 0 Å². The van der Waals surface area contributed by atoms with Crippen molar-refractivity contribution in [3.63, 3.8) is 0 Å². The van der Waals surface area contributed by atoms with E-state index >= 15 is 0 Å². The van der Waals surface area contributed by atoms with Crippen molar-refractivity contribution in [1.82, 2.24) is 0 Å². The summed E-state index contributed by atoms with van der Waals surface area (Å²) in [6.45, 7) is 0.398. The summed E-state index contributed by atoms with van der Waals surface area (Å²) in [6.07, 6.45) is 8.50. The third kappa shape index (κ3) is 1.04. The van der Waals surface area contributed by atoms with Crippen molar-refractivity contribution in [3.8, 4) is 0 Å². The summed E-state index contributed by atoms with van der Waals surface area (Å²) in [5.74, 6) is 4.43. The fraction of sp³-hybridized carbons (Fsp3) is 0. The lowest BCUT2D eigenvalue weighted by molar-refractivity contribution is 1.36. The fourth-order valence-corrected chi connectivity index (χ4v) is 1.98. The molecule has 1 nitrogen and oxygen atoms in total. The molecule has 0 saturated carbocycles. The zero-order valence-electron chi connectivity index (χ0n) is 7.80. The van der Waals surface area contributed by atoms with Gasteiger partial charge in [-0.15, -0.1) is 0 Å². The first-order chi connectivity index (χ1) is 6.95. The SMILES string of the molecule is C1=CB2C=Cc3ccccc3N2C=C1. The summed E-state index contributed by atoms with van der Waals surface area (Å²) >= 11 is 0. The van der Waals surface area contributed by atoms with Crippen LogP contribution in [0.25, 0.3) is 6.08 Å². The van der Waals surface area contributed by atoms with Gasteiger partial charge in [0.05, 0.1) is 0 Å². The van der Waals surface area contributed by atoms with Crippen LogP contribution in [-0.4, -0.2) is 6.85 Å². The molecule has 0 radical (unpaired) electrons. The highest BCUT2D eigenvalue weighted by Gasteiger charge is 2.22. The lowest BCUT2D eigenvalue weighted by atomic mass is 9.57. The largest absolute Gasteiger partial charge is 0.383 e. The maximum atomic E-state index is 2.29. The van der Waals surface area contributed by atoms with Gasteiger partial charge in [0.25, 0.3) is 0 Å². The maximum Gasteiger partial charge on any atom is 0.312 e. The maximum absolute atomic E-state index is 2.29. The Hall–Kier alpha value is -1.70. The molecule has 0 aromatic heterocycles. The lowest BCUT2D eigenvalue weighted by Crippen LogP contribution is -2.35. The molecule has 0 N–H and O–H groups in total. The van der Waals surface area contributed by atoms with E-state index in [9.17, 15) is 0 Å². The highest BCUT2D eigenvalue weighted by molar-refractivity contribution is 6.75. The summed E-state index contributed by atoms with van der Waals surface area (Å²) in [6, 6.07) is 8.47. The molecule has 0 bridgehead atoms. The molecule has 2 aliphatic heterocycles. The minimum Gasteiger partial charge on any atom is -0.383 e. The van der Waals surface area contributed by atoms with Gasteiger partial charge in [0.15, 0.2) is 0 Å².